The quantitative estimate of drug-likeness (QED) is 0.275. The Balaban J connectivity index is 1.58. The van der Waals surface area contributed by atoms with Crippen molar-refractivity contribution in [1.29, 1.82) is 0 Å². The lowest BCUT2D eigenvalue weighted by Gasteiger charge is -2.18. The van der Waals surface area contributed by atoms with Crippen molar-refractivity contribution in [1.82, 2.24) is 4.31 Å². The van der Waals surface area contributed by atoms with Gasteiger partial charge in [-0.1, -0.05) is 62.4 Å². The Morgan fingerprint density at radius 3 is 2.22 bits per heavy atom. The van der Waals surface area contributed by atoms with E-state index in [1.54, 1.807) is 38.1 Å². The summed E-state index contributed by atoms with van der Waals surface area (Å²) in [7, 11) is -3.53. The second-order valence-electron chi connectivity index (χ2n) is 7.08. The van der Waals surface area contributed by atoms with Crippen LogP contribution in [-0.4, -0.2) is 44.2 Å². The summed E-state index contributed by atoms with van der Waals surface area (Å²) >= 11 is 0. The molecule has 3 aromatic rings. The first-order chi connectivity index (χ1) is 15.3. The summed E-state index contributed by atoms with van der Waals surface area (Å²) in [5.74, 6) is -0.942. The van der Waals surface area contributed by atoms with Crippen LogP contribution in [-0.2, 0) is 19.6 Å². The molecule has 3 rings (SSSR count). The number of Topliss-reactive ketones (excluding diaryl/α,β-unsaturated/α-hetero) is 1. The molecule has 0 aliphatic carbocycles. The number of fused-ring (bicyclic) bond motifs is 1. The van der Waals surface area contributed by atoms with Crippen LogP contribution in [0.3, 0.4) is 0 Å². The van der Waals surface area contributed by atoms with E-state index in [0.29, 0.717) is 24.2 Å². The van der Waals surface area contributed by atoms with Gasteiger partial charge in [-0.3, -0.25) is 4.79 Å². The number of benzene rings is 3. The second-order valence-corrected chi connectivity index (χ2v) is 9.02. The smallest absolute Gasteiger partial charge is 0.331 e. The number of hydrogen-bond acceptors (Lipinski definition) is 5. The average Bonchev–Trinajstić information content (AvgIpc) is 2.81. The normalized spacial score (nSPS) is 11.8. The molecule has 0 saturated heterocycles. The summed E-state index contributed by atoms with van der Waals surface area (Å²) in [6.45, 7) is 4.00. The number of sulfonamides is 1. The number of carbonyl (C=O) groups is 2. The van der Waals surface area contributed by atoms with Crippen molar-refractivity contribution in [3.05, 3.63) is 83.9 Å². The van der Waals surface area contributed by atoms with Gasteiger partial charge in [0.2, 0.25) is 10.0 Å². The zero-order valence-corrected chi connectivity index (χ0v) is 18.8. The van der Waals surface area contributed by atoms with Gasteiger partial charge in [0.25, 0.3) is 0 Å². The maximum absolute atomic E-state index is 12.5. The number of ketones is 1. The van der Waals surface area contributed by atoms with Gasteiger partial charge in [-0.25, -0.2) is 13.2 Å². The number of rotatable bonds is 9. The standard InChI is InChI=1S/C25H25NO5S/c1-3-26(4-2)32(29,30)23-14-9-19(10-15-23)11-16-25(28)31-18-24(27)22-13-12-20-7-5-6-8-21(20)17-22/h5-17H,3-4,18H2,1-2H3/b16-11+. The van der Waals surface area contributed by atoms with E-state index >= 15 is 0 Å². The van der Waals surface area contributed by atoms with Crippen molar-refractivity contribution in [3.8, 4) is 0 Å². The van der Waals surface area contributed by atoms with E-state index in [-0.39, 0.29) is 17.3 Å². The zero-order chi connectivity index (χ0) is 23.1. The van der Waals surface area contributed by atoms with Crippen molar-refractivity contribution >= 4 is 38.6 Å². The molecule has 7 heteroatoms. The van der Waals surface area contributed by atoms with Crippen molar-refractivity contribution < 1.29 is 22.7 Å². The van der Waals surface area contributed by atoms with Gasteiger partial charge < -0.3 is 4.74 Å². The number of nitrogens with zero attached hydrogens (tertiary/aromatic N) is 1. The zero-order valence-electron chi connectivity index (χ0n) is 18.0. The first-order valence-corrected chi connectivity index (χ1v) is 11.8. The van der Waals surface area contributed by atoms with Gasteiger partial charge in [0.15, 0.2) is 12.4 Å². The minimum atomic E-state index is -3.53. The van der Waals surface area contributed by atoms with E-state index in [0.717, 1.165) is 10.8 Å². The van der Waals surface area contributed by atoms with Crippen molar-refractivity contribution in [2.45, 2.75) is 18.7 Å². The SMILES string of the molecule is CCN(CC)S(=O)(=O)c1ccc(/C=C/C(=O)OCC(=O)c2ccc3ccccc3c2)cc1. The van der Waals surface area contributed by atoms with Gasteiger partial charge in [-0.2, -0.15) is 4.31 Å². The molecule has 0 N–H and O–H groups in total. The Morgan fingerprint density at radius 2 is 1.56 bits per heavy atom. The summed E-state index contributed by atoms with van der Waals surface area (Å²) in [5.41, 5.74) is 1.12. The maximum Gasteiger partial charge on any atom is 0.331 e. The molecule has 0 fully saturated rings. The third-order valence-electron chi connectivity index (χ3n) is 5.05. The maximum atomic E-state index is 12.5. The van der Waals surface area contributed by atoms with Crippen LogP contribution < -0.4 is 0 Å². The van der Waals surface area contributed by atoms with Gasteiger partial charge >= 0.3 is 5.97 Å². The van der Waals surface area contributed by atoms with E-state index < -0.39 is 16.0 Å². The van der Waals surface area contributed by atoms with Gasteiger partial charge in [0, 0.05) is 24.7 Å². The van der Waals surface area contributed by atoms with Crippen LogP contribution in [0.5, 0.6) is 0 Å². The van der Waals surface area contributed by atoms with E-state index in [1.165, 1.54) is 28.6 Å². The molecule has 0 radical (unpaired) electrons. The monoisotopic (exact) mass is 451 g/mol. The molecule has 0 heterocycles. The summed E-state index contributed by atoms with van der Waals surface area (Å²) in [6.07, 6.45) is 2.72. The number of hydrogen-bond donors (Lipinski definition) is 0. The minimum Gasteiger partial charge on any atom is -0.454 e. The summed E-state index contributed by atoms with van der Waals surface area (Å²) in [5, 5.41) is 1.97. The van der Waals surface area contributed by atoms with Crippen LogP contribution in [0, 0.1) is 0 Å². The second kappa shape index (κ2) is 10.3. The molecule has 6 nitrogen and oxygen atoms in total. The molecule has 166 valence electrons. The third-order valence-corrected chi connectivity index (χ3v) is 7.12. The van der Waals surface area contributed by atoms with Crippen LogP contribution in [0.2, 0.25) is 0 Å². The fourth-order valence-corrected chi connectivity index (χ4v) is 4.72. The molecule has 0 aromatic heterocycles. The van der Waals surface area contributed by atoms with Crippen LogP contribution in [0.4, 0.5) is 0 Å². The molecule has 3 aromatic carbocycles. The Hall–Kier alpha value is -3.29. The van der Waals surface area contributed by atoms with Crippen LogP contribution in [0.15, 0.2) is 77.7 Å². The lowest BCUT2D eigenvalue weighted by Crippen LogP contribution is -2.30. The van der Waals surface area contributed by atoms with Crippen molar-refractivity contribution in [3.63, 3.8) is 0 Å². The van der Waals surface area contributed by atoms with Gasteiger partial charge in [-0.05, 0) is 40.6 Å². The first kappa shape index (κ1) is 23.4. The van der Waals surface area contributed by atoms with Crippen LogP contribution >= 0.6 is 0 Å². The Labute approximate surface area is 188 Å². The molecular weight excluding hydrogens is 426 g/mol. The summed E-state index contributed by atoms with van der Waals surface area (Å²) in [6, 6.07) is 19.3. The lowest BCUT2D eigenvalue weighted by molar-refractivity contribution is -0.136. The predicted octanol–water partition coefficient (Wildman–Crippen LogP) is 4.31. The molecule has 0 spiro atoms. The molecule has 0 aliphatic rings. The Bertz CT molecular complexity index is 1240. The first-order valence-electron chi connectivity index (χ1n) is 10.3. The third kappa shape index (κ3) is 5.49. The molecule has 0 unspecified atom stereocenters. The molecule has 0 amide bonds. The Kier molecular flexibility index (Phi) is 7.56. The van der Waals surface area contributed by atoms with Crippen LogP contribution in [0.25, 0.3) is 16.8 Å². The molecule has 0 bridgehead atoms. The van der Waals surface area contributed by atoms with E-state index in [4.69, 9.17) is 4.74 Å². The predicted molar refractivity (Wildman–Crippen MR) is 125 cm³/mol. The fraction of sp³-hybridized carbons (Fsp3) is 0.200. The lowest BCUT2D eigenvalue weighted by atomic mass is 10.0. The largest absolute Gasteiger partial charge is 0.454 e. The average molecular weight is 452 g/mol. The molecular formula is C25H25NO5S. The summed E-state index contributed by atoms with van der Waals surface area (Å²) < 4.78 is 31.5. The highest BCUT2D eigenvalue weighted by Crippen LogP contribution is 2.17. The van der Waals surface area contributed by atoms with Gasteiger partial charge in [0.05, 0.1) is 4.90 Å². The highest BCUT2D eigenvalue weighted by Gasteiger charge is 2.20. The number of carbonyl (C=O) groups excluding carboxylic acids is 2. The van der Waals surface area contributed by atoms with E-state index in [9.17, 15) is 18.0 Å². The number of esters is 1. The topological polar surface area (TPSA) is 80.8 Å². The Morgan fingerprint density at radius 1 is 0.906 bits per heavy atom. The molecule has 0 aliphatic heterocycles. The van der Waals surface area contributed by atoms with Crippen LogP contribution in [0.1, 0.15) is 29.8 Å². The molecule has 32 heavy (non-hydrogen) atoms. The summed E-state index contributed by atoms with van der Waals surface area (Å²) in [4.78, 5) is 24.5. The van der Waals surface area contributed by atoms with E-state index in [2.05, 4.69) is 0 Å². The van der Waals surface area contributed by atoms with Gasteiger partial charge in [-0.15, -0.1) is 0 Å². The van der Waals surface area contributed by atoms with E-state index in [1.807, 2.05) is 30.3 Å². The molecule has 0 saturated carbocycles. The van der Waals surface area contributed by atoms with Crippen molar-refractivity contribution in [2.24, 2.45) is 0 Å². The minimum absolute atomic E-state index is 0.196. The van der Waals surface area contributed by atoms with Crippen molar-refractivity contribution in [2.75, 3.05) is 19.7 Å². The molecule has 0 atom stereocenters. The highest BCUT2D eigenvalue weighted by molar-refractivity contribution is 7.89. The van der Waals surface area contributed by atoms with Gasteiger partial charge in [0.1, 0.15) is 0 Å². The fourth-order valence-electron chi connectivity index (χ4n) is 3.26. The highest BCUT2D eigenvalue weighted by atomic mass is 32.2. The number of ether oxygens (including phenoxy) is 1.